The Bertz CT molecular complexity index is 317. The molecule has 1 aliphatic carbocycles. The normalized spacial score (nSPS) is 19.6. The lowest BCUT2D eigenvalue weighted by atomic mass is 9.85. The molecule has 0 aromatic carbocycles. The first-order valence-electron chi connectivity index (χ1n) is 6.17. The van der Waals surface area contributed by atoms with Crippen molar-refractivity contribution in [1.29, 1.82) is 0 Å². The number of hydrogen-bond donors (Lipinski definition) is 1. The van der Waals surface area contributed by atoms with E-state index in [0.717, 1.165) is 18.1 Å². The molecule has 1 unspecified atom stereocenters. The van der Waals surface area contributed by atoms with Crippen LogP contribution in [-0.2, 0) is 0 Å². The Labute approximate surface area is 102 Å². The number of hydrogen-bond acceptors (Lipinski definition) is 3. The van der Waals surface area contributed by atoms with Crippen molar-refractivity contribution >= 4 is 11.3 Å². The molecule has 0 spiro atoms. The van der Waals surface area contributed by atoms with E-state index < -0.39 is 0 Å². The van der Waals surface area contributed by atoms with Gasteiger partial charge in [0.15, 0.2) is 0 Å². The summed E-state index contributed by atoms with van der Waals surface area (Å²) < 4.78 is 5.19. The monoisotopic (exact) mass is 239 g/mol. The van der Waals surface area contributed by atoms with E-state index in [1.807, 2.05) is 5.38 Å². The second-order valence-electron chi connectivity index (χ2n) is 4.74. The highest BCUT2D eigenvalue weighted by molar-refractivity contribution is 7.10. The van der Waals surface area contributed by atoms with Gasteiger partial charge in [0.1, 0.15) is 5.75 Å². The first-order chi connectivity index (χ1) is 7.79. The van der Waals surface area contributed by atoms with Gasteiger partial charge in [-0.3, -0.25) is 0 Å². The first kappa shape index (κ1) is 11.9. The summed E-state index contributed by atoms with van der Waals surface area (Å²) in [6.07, 6.45) is 8.09. The molecule has 0 amide bonds. The summed E-state index contributed by atoms with van der Waals surface area (Å²) >= 11 is 1.72. The van der Waals surface area contributed by atoms with Gasteiger partial charge < -0.3 is 10.5 Å². The fraction of sp³-hybridized carbons (Fsp3) is 0.692. The summed E-state index contributed by atoms with van der Waals surface area (Å²) in [6, 6.07) is 2.29. The summed E-state index contributed by atoms with van der Waals surface area (Å²) in [5.74, 6) is 1.79. The van der Waals surface area contributed by atoms with Crippen LogP contribution in [0.25, 0.3) is 0 Å². The predicted octanol–water partition coefficient (Wildman–Crippen LogP) is 3.73. The quantitative estimate of drug-likeness (QED) is 0.869. The molecule has 2 rings (SSSR count). The van der Waals surface area contributed by atoms with Crippen molar-refractivity contribution < 1.29 is 4.74 Å². The van der Waals surface area contributed by atoms with Gasteiger partial charge >= 0.3 is 0 Å². The number of thiophene rings is 1. The highest BCUT2D eigenvalue weighted by atomic mass is 32.1. The largest absolute Gasteiger partial charge is 0.496 e. The van der Waals surface area contributed by atoms with Crippen molar-refractivity contribution in [2.24, 2.45) is 11.7 Å². The molecule has 2 nitrogen and oxygen atoms in total. The Morgan fingerprint density at radius 3 is 2.81 bits per heavy atom. The SMILES string of the molecule is COc1csc(C(N)CC2CCCCC2)c1. The molecule has 0 radical (unpaired) electrons. The smallest absolute Gasteiger partial charge is 0.129 e. The molecule has 0 aliphatic heterocycles. The number of rotatable bonds is 4. The topological polar surface area (TPSA) is 35.2 Å². The van der Waals surface area contributed by atoms with Crippen molar-refractivity contribution in [2.45, 2.75) is 44.6 Å². The summed E-state index contributed by atoms with van der Waals surface area (Å²) in [5, 5.41) is 2.04. The minimum absolute atomic E-state index is 0.206. The fourth-order valence-electron chi connectivity index (χ4n) is 2.53. The molecule has 1 atom stereocenters. The Hall–Kier alpha value is -0.540. The van der Waals surface area contributed by atoms with E-state index in [1.165, 1.54) is 37.0 Å². The third-order valence-corrected chi connectivity index (χ3v) is 4.55. The summed E-state index contributed by atoms with van der Waals surface area (Å²) in [5.41, 5.74) is 6.25. The highest BCUT2D eigenvalue weighted by Crippen LogP contribution is 2.34. The number of methoxy groups -OCH3 is 1. The third-order valence-electron chi connectivity index (χ3n) is 3.51. The van der Waals surface area contributed by atoms with Crippen molar-refractivity contribution in [1.82, 2.24) is 0 Å². The molecule has 16 heavy (non-hydrogen) atoms. The number of ether oxygens (including phenoxy) is 1. The summed E-state index contributed by atoms with van der Waals surface area (Å²) in [4.78, 5) is 1.27. The van der Waals surface area contributed by atoms with Crippen molar-refractivity contribution in [2.75, 3.05) is 7.11 Å². The van der Waals surface area contributed by atoms with Gasteiger partial charge in [-0.15, -0.1) is 11.3 Å². The van der Waals surface area contributed by atoms with Crippen LogP contribution in [-0.4, -0.2) is 7.11 Å². The van der Waals surface area contributed by atoms with Crippen molar-refractivity contribution in [3.8, 4) is 5.75 Å². The average Bonchev–Trinajstić information content (AvgIpc) is 2.79. The molecule has 3 heteroatoms. The van der Waals surface area contributed by atoms with Crippen LogP contribution in [0.1, 0.15) is 49.4 Å². The van der Waals surface area contributed by atoms with Gasteiger partial charge in [0.2, 0.25) is 0 Å². The Morgan fingerprint density at radius 2 is 2.19 bits per heavy atom. The molecule has 1 aromatic heterocycles. The van der Waals surface area contributed by atoms with Crippen LogP contribution in [0.5, 0.6) is 5.75 Å². The lowest BCUT2D eigenvalue weighted by molar-refractivity contribution is 0.320. The zero-order chi connectivity index (χ0) is 11.4. The van der Waals surface area contributed by atoms with Gasteiger partial charge in [-0.25, -0.2) is 0 Å². The van der Waals surface area contributed by atoms with Crippen LogP contribution in [0.4, 0.5) is 0 Å². The van der Waals surface area contributed by atoms with E-state index in [4.69, 9.17) is 10.5 Å². The van der Waals surface area contributed by atoms with Crippen LogP contribution in [0, 0.1) is 5.92 Å². The standard InChI is InChI=1S/C13H21NOS/c1-15-11-8-13(16-9-11)12(14)7-10-5-3-2-4-6-10/h8-10,12H,2-7,14H2,1H3. The van der Waals surface area contributed by atoms with Gasteiger partial charge in [0.25, 0.3) is 0 Å². The number of nitrogens with two attached hydrogens (primary N) is 1. The molecular formula is C13H21NOS. The summed E-state index contributed by atoms with van der Waals surface area (Å²) in [7, 11) is 1.71. The lowest BCUT2D eigenvalue weighted by Crippen LogP contribution is -2.16. The van der Waals surface area contributed by atoms with Crippen LogP contribution in [0.3, 0.4) is 0 Å². The minimum atomic E-state index is 0.206. The fourth-order valence-corrected chi connectivity index (χ4v) is 3.41. The van der Waals surface area contributed by atoms with E-state index in [0.29, 0.717) is 0 Å². The van der Waals surface area contributed by atoms with Gasteiger partial charge in [-0.1, -0.05) is 32.1 Å². The molecule has 0 bridgehead atoms. The second kappa shape index (κ2) is 5.69. The molecule has 1 aliphatic rings. The average molecular weight is 239 g/mol. The lowest BCUT2D eigenvalue weighted by Gasteiger charge is -2.23. The van der Waals surface area contributed by atoms with Gasteiger partial charge in [-0.2, -0.15) is 0 Å². The minimum Gasteiger partial charge on any atom is -0.496 e. The molecular weight excluding hydrogens is 218 g/mol. The zero-order valence-electron chi connectivity index (χ0n) is 9.95. The molecule has 1 fully saturated rings. The van der Waals surface area contributed by atoms with Crippen LogP contribution < -0.4 is 10.5 Å². The summed E-state index contributed by atoms with van der Waals surface area (Å²) in [6.45, 7) is 0. The zero-order valence-corrected chi connectivity index (χ0v) is 10.8. The third kappa shape index (κ3) is 2.98. The molecule has 2 N–H and O–H groups in total. The second-order valence-corrected chi connectivity index (χ2v) is 5.68. The maximum Gasteiger partial charge on any atom is 0.129 e. The molecule has 0 saturated heterocycles. The van der Waals surface area contributed by atoms with Gasteiger partial charge in [0, 0.05) is 16.3 Å². The molecule has 90 valence electrons. The van der Waals surface area contributed by atoms with Gasteiger partial charge in [0.05, 0.1) is 7.11 Å². The first-order valence-corrected chi connectivity index (χ1v) is 7.05. The maximum absolute atomic E-state index is 6.25. The van der Waals surface area contributed by atoms with Crippen molar-refractivity contribution in [3.63, 3.8) is 0 Å². The van der Waals surface area contributed by atoms with E-state index in [9.17, 15) is 0 Å². The Kier molecular flexibility index (Phi) is 4.24. The molecule has 1 saturated carbocycles. The van der Waals surface area contributed by atoms with Crippen molar-refractivity contribution in [3.05, 3.63) is 16.3 Å². The highest BCUT2D eigenvalue weighted by Gasteiger charge is 2.18. The van der Waals surface area contributed by atoms with Crippen LogP contribution in [0.15, 0.2) is 11.4 Å². The van der Waals surface area contributed by atoms with Gasteiger partial charge in [-0.05, 0) is 18.4 Å². The van der Waals surface area contributed by atoms with E-state index in [1.54, 1.807) is 18.4 Å². The van der Waals surface area contributed by atoms with Crippen LogP contribution in [0.2, 0.25) is 0 Å². The van der Waals surface area contributed by atoms with E-state index in [-0.39, 0.29) is 6.04 Å². The Morgan fingerprint density at radius 1 is 1.44 bits per heavy atom. The van der Waals surface area contributed by atoms with E-state index >= 15 is 0 Å². The molecule has 1 aromatic rings. The van der Waals surface area contributed by atoms with E-state index in [2.05, 4.69) is 6.07 Å². The Balaban J connectivity index is 1.88. The predicted molar refractivity (Wildman–Crippen MR) is 69.0 cm³/mol. The maximum atomic E-state index is 6.25. The van der Waals surface area contributed by atoms with Crippen LogP contribution >= 0.6 is 11.3 Å². The molecule has 1 heterocycles.